The summed E-state index contributed by atoms with van der Waals surface area (Å²) in [7, 11) is -3.44. The molecule has 1 saturated carbocycles. The fourth-order valence-corrected chi connectivity index (χ4v) is 2.93. The molecule has 5 nitrogen and oxygen atoms in total. The van der Waals surface area contributed by atoms with Crippen molar-refractivity contribution in [3.05, 3.63) is 24.0 Å². The van der Waals surface area contributed by atoms with E-state index in [1.165, 1.54) is 19.0 Å². The minimum absolute atomic E-state index is 0.197. The fraction of sp³-hybridized carbons (Fsp3) is 0.583. The normalized spacial score (nSPS) is 17.7. The van der Waals surface area contributed by atoms with Crippen LogP contribution in [0.4, 0.5) is 0 Å². The Labute approximate surface area is 108 Å². The molecule has 18 heavy (non-hydrogen) atoms. The Morgan fingerprint density at radius 2 is 2.22 bits per heavy atom. The molecule has 1 atom stereocenters. The van der Waals surface area contributed by atoms with Gasteiger partial charge in [0.1, 0.15) is 4.90 Å². The average Bonchev–Trinajstić information content (AvgIpc) is 3.20. The first-order valence-corrected chi connectivity index (χ1v) is 7.66. The third-order valence-corrected chi connectivity index (χ3v) is 4.75. The van der Waals surface area contributed by atoms with Crippen molar-refractivity contribution in [2.45, 2.75) is 31.2 Å². The van der Waals surface area contributed by atoms with Gasteiger partial charge in [-0.15, -0.1) is 0 Å². The van der Waals surface area contributed by atoms with Gasteiger partial charge in [0.25, 0.3) is 0 Å². The van der Waals surface area contributed by atoms with Gasteiger partial charge < -0.3 is 5.73 Å². The lowest BCUT2D eigenvalue weighted by Gasteiger charge is -2.11. The van der Waals surface area contributed by atoms with Gasteiger partial charge in [0, 0.05) is 19.3 Å². The molecular weight excluding hydrogens is 250 g/mol. The first-order valence-electron chi connectivity index (χ1n) is 6.17. The maximum atomic E-state index is 12.0. The minimum Gasteiger partial charge on any atom is -0.325 e. The lowest BCUT2D eigenvalue weighted by molar-refractivity contribution is 0.491. The van der Waals surface area contributed by atoms with Gasteiger partial charge in [-0.3, -0.25) is 4.98 Å². The number of nitrogens with one attached hydrogen (secondary N) is 1. The zero-order chi connectivity index (χ0) is 13.2. The summed E-state index contributed by atoms with van der Waals surface area (Å²) in [6, 6.07) is 3.18. The van der Waals surface area contributed by atoms with Crippen LogP contribution in [0.3, 0.4) is 0 Å². The summed E-state index contributed by atoms with van der Waals surface area (Å²) in [5.74, 6) is 1.08. The molecule has 6 heteroatoms. The van der Waals surface area contributed by atoms with Crippen molar-refractivity contribution in [1.82, 2.24) is 9.71 Å². The largest absolute Gasteiger partial charge is 0.325 e. The number of nitrogens with two attached hydrogens (primary N) is 1. The van der Waals surface area contributed by atoms with Crippen molar-refractivity contribution in [3.8, 4) is 0 Å². The van der Waals surface area contributed by atoms with Crippen LogP contribution in [0.1, 0.15) is 25.5 Å². The molecule has 0 saturated heterocycles. The van der Waals surface area contributed by atoms with E-state index in [9.17, 15) is 8.42 Å². The minimum atomic E-state index is -3.44. The number of hydrogen-bond donors (Lipinski definition) is 2. The van der Waals surface area contributed by atoms with Crippen molar-refractivity contribution in [1.29, 1.82) is 0 Å². The Hall–Kier alpha value is -0.980. The third-order valence-electron chi connectivity index (χ3n) is 3.34. The van der Waals surface area contributed by atoms with Crippen LogP contribution in [0.15, 0.2) is 23.2 Å². The maximum absolute atomic E-state index is 12.0. The summed E-state index contributed by atoms with van der Waals surface area (Å²) in [6.07, 6.45) is 3.79. The van der Waals surface area contributed by atoms with Crippen LogP contribution in [-0.4, -0.2) is 19.9 Å². The van der Waals surface area contributed by atoms with Crippen LogP contribution in [0, 0.1) is 11.8 Å². The molecule has 1 fully saturated rings. The molecule has 100 valence electrons. The van der Waals surface area contributed by atoms with E-state index in [1.54, 1.807) is 12.1 Å². The highest BCUT2D eigenvalue weighted by molar-refractivity contribution is 7.89. The standard InChI is InChI=1S/C12H19N3O2S/c1-9(10-2-3-10)7-15-18(16,17)12-5-4-11(6-13)14-8-12/h4-5,8-10,15H,2-3,6-7,13H2,1H3. The SMILES string of the molecule is CC(CNS(=O)(=O)c1ccc(CN)nc1)C1CC1. The molecular formula is C12H19N3O2S. The van der Waals surface area contributed by atoms with Crippen molar-refractivity contribution in [3.63, 3.8) is 0 Å². The average molecular weight is 269 g/mol. The Kier molecular flexibility index (Phi) is 3.99. The van der Waals surface area contributed by atoms with Crippen LogP contribution in [0.2, 0.25) is 0 Å². The Balaban J connectivity index is 1.99. The monoisotopic (exact) mass is 269 g/mol. The molecule has 0 radical (unpaired) electrons. The zero-order valence-corrected chi connectivity index (χ0v) is 11.3. The second kappa shape index (κ2) is 5.34. The van der Waals surface area contributed by atoms with Crippen LogP contribution in [0.5, 0.6) is 0 Å². The van der Waals surface area contributed by atoms with Crippen LogP contribution < -0.4 is 10.5 Å². The first-order chi connectivity index (χ1) is 8.53. The summed E-state index contributed by atoms with van der Waals surface area (Å²) in [5.41, 5.74) is 6.10. The summed E-state index contributed by atoms with van der Waals surface area (Å²) < 4.78 is 26.6. The topological polar surface area (TPSA) is 85.1 Å². The highest BCUT2D eigenvalue weighted by Crippen LogP contribution is 2.36. The smallest absolute Gasteiger partial charge is 0.242 e. The molecule has 0 aliphatic heterocycles. The highest BCUT2D eigenvalue weighted by Gasteiger charge is 2.28. The number of nitrogens with zero attached hydrogens (tertiary/aromatic N) is 1. The van der Waals surface area contributed by atoms with Gasteiger partial charge in [0.15, 0.2) is 0 Å². The lowest BCUT2D eigenvalue weighted by Crippen LogP contribution is -2.29. The molecule has 1 unspecified atom stereocenters. The van der Waals surface area contributed by atoms with Crippen molar-refractivity contribution in [2.75, 3.05) is 6.54 Å². The Morgan fingerprint density at radius 3 is 2.72 bits per heavy atom. The third kappa shape index (κ3) is 3.28. The van der Waals surface area contributed by atoms with E-state index in [0.717, 1.165) is 0 Å². The van der Waals surface area contributed by atoms with Crippen LogP contribution >= 0.6 is 0 Å². The quantitative estimate of drug-likeness (QED) is 0.802. The van der Waals surface area contributed by atoms with Crippen LogP contribution in [-0.2, 0) is 16.6 Å². The molecule has 1 heterocycles. The van der Waals surface area contributed by atoms with E-state index in [2.05, 4.69) is 16.6 Å². The molecule has 3 N–H and O–H groups in total. The van der Waals surface area contributed by atoms with E-state index in [-0.39, 0.29) is 4.90 Å². The van der Waals surface area contributed by atoms with E-state index in [4.69, 9.17) is 5.73 Å². The van der Waals surface area contributed by atoms with E-state index in [0.29, 0.717) is 30.6 Å². The summed E-state index contributed by atoms with van der Waals surface area (Å²) in [6.45, 7) is 2.88. The molecule has 0 spiro atoms. The number of pyridine rings is 1. The number of sulfonamides is 1. The molecule has 0 amide bonds. The van der Waals surface area contributed by atoms with Gasteiger partial charge >= 0.3 is 0 Å². The second-order valence-corrected chi connectivity index (χ2v) is 6.62. The second-order valence-electron chi connectivity index (χ2n) is 4.86. The number of rotatable bonds is 6. The van der Waals surface area contributed by atoms with Crippen molar-refractivity contribution >= 4 is 10.0 Å². The van der Waals surface area contributed by atoms with Gasteiger partial charge in [-0.05, 0) is 36.8 Å². The van der Waals surface area contributed by atoms with Gasteiger partial charge in [-0.1, -0.05) is 6.92 Å². The van der Waals surface area contributed by atoms with Crippen molar-refractivity contribution < 1.29 is 8.42 Å². The molecule has 1 aromatic heterocycles. The molecule has 2 rings (SSSR count). The maximum Gasteiger partial charge on any atom is 0.242 e. The van der Waals surface area contributed by atoms with E-state index in [1.807, 2.05) is 0 Å². The van der Waals surface area contributed by atoms with E-state index >= 15 is 0 Å². The van der Waals surface area contributed by atoms with Gasteiger partial charge in [0.2, 0.25) is 10.0 Å². The Morgan fingerprint density at radius 1 is 1.50 bits per heavy atom. The molecule has 1 aliphatic rings. The van der Waals surface area contributed by atoms with Gasteiger partial charge in [0.05, 0.1) is 5.69 Å². The number of aromatic nitrogens is 1. The van der Waals surface area contributed by atoms with Gasteiger partial charge in [-0.2, -0.15) is 0 Å². The first kappa shape index (κ1) is 13.5. The number of hydrogen-bond acceptors (Lipinski definition) is 4. The predicted molar refractivity (Wildman–Crippen MR) is 69.2 cm³/mol. The zero-order valence-electron chi connectivity index (χ0n) is 10.5. The van der Waals surface area contributed by atoms with Gasteiger partial charge in [-0.25, -0.2) is 13.1 Å². The van der Waals surface area contributed by atoms with Crippen molar-refractivity contribution in [2.24, 2.45) is 17.6 Å². The summed E-state index contributed by atoms with van der Waals surface area (Å²) >= 11 is 0. The molecule has 1 aliphatic carbocycles. The van der Waals surface area contributed by atoms with E-state index < -0.39 is 10.0 Å². The highest BCUT2D eigenvalue weighted by atomic mass is 32.2. The summed E-state index contributed by atoms with van der Waals surface area (Å²) in [5, 5.41) is 0. The van der Waals surface area contributed by atoms with Crippen LogP contribution in [0.25, 0.3) is 0 Å². The molecule has 0 aromatic carbocycles. The lowest BCUT2D eigenvalue weighted by atomic mass is 10.1. The molecule has 1 aromatic rings. The Bertz CT molecular complexity index is 495. The predicted octanol–water partition coefficient (Wildman–Crippen LogP) is 0.865. The molecule has 0 bridgehead atoms. The fourth-order valence-electron chi connectivity index (χ4n) is 1.85. The summed E-state index contributed by atoms with van der Waals surface area (Å²) in [4.78, 5) is 4.19.